The molecule has 0 spiro atoms. The fourth-order valence-corrected chi connectivity index (χ4v) is 2.89. The average Bonchev–Trinajstić information content (AvgIpc) is 2.13. The van der Waals surface area contributed by atoms with Crippen molar-refractivity contribution in [2.75, 3.05) is 6.26 Å². The molecule has 0 radical (unpaired) electrons. The third-order valence-electron chi connectivity index (χ3n) is 2.73. The van der Waals surface area contributed by atoms with Crippen LogP contribution < -0.4 is 9.46 Å². The van der Waals surface area contributed by atoms with Crippen LogP contribution in [0, 0.1) is 0 Å². The van der Waals surface area contributed by atoms with E-state index in [1.807, 2.05) is 38.1 Å². The topological polar surface area (TPSA) is 55.4 Å². The third-order valence-corrected chi connectivity index (χ3v) is 3.45. The quantitative estimate of drug-likeness (QED) is 0.877. The molecule has 0 aliphatic carbocycles. The van der Waals surface area contributed by atoms with Crippen LogP contribution in [0.3, 0.4) is 0 Å². The van der Waals surface area contributed by atoms with Crippen LogP contribution in [-0.4, -0.2) is 20.3 Å². The first-order valence-corrected chi connectivity index (χ1v) is 7.41. The van der Waals surface area contributed by atoms with Gasteiger partial charge in [0.2, 0.25) is 10.0 Å². The predicted octanol–water partition coefficient (Wildman–Crippen LogP) is 1.84. The lowest BCUT2D eigenvalue weighted by Crippen LogP contribution is -2.40. The minimum atomic E-state index is -3.22. The first-order valence-electron chi connectivity index (χ1n) is 5.52. The second-order valence-electron chi connectivity index (χ2n) is 5.05. The van der Waals surface area contributed by atoms with Crippen LogP contribution in [0.4, 0.5) is 0 Å². The fourth-order valence-electron chi connectivity index (χ4n) is 2.17. The molecule has 1 atom stereocenters. The van der Waals surface area contributed by atoms with Crippen molar-refractivity contribution < 1.29 is 13.2 Å². The van der Waals surface area contributed by atoms with E-state index in [1.165, 1.54) is 6.26 Å². The number of ether oxygens (including phenoxy) is 1. The molecule has 1 N–H and O–H groups in total. The van der Waals surface area contributed by atoms with E-state index in [0.29, 0.717) is 6.42 Å². The van der Waals surface area contributed by atoms with Gasteiger partial charge in [-0.1, -0.05) is 18.2 Å². The molecular weight excluding hydrogens is 238 g/mol. The summed E-state index contributed by atoms with van der Waals surface area (Å²) < 4.78 is 31.2. The van der Waals surface area contributed by atoms with Crippen LogP contribution in [0.15, 0.2) is 24.3 Å². The van der Waals surface area contributed by atoms with Crippen LogP contribution in [-0.2, 0) is 10.0 Å². The van der Waals surface area contributed by atoms with Crippen molar-refractivity contribution in [3.8, 4) is 5.75 Å². The summed E-state index contributed by atoms with van der Waals surface area (Å²) in [5.41, 5.74) is 0.536. The molecule has 17 heavy (non-hydrogen) atoms. The second-order valence-corrected chi connectivity index (χ2v) is 6.83. The van der Waals surface area contributed by atoms with E-state index in [0.717, 1.165) is 11.3 Å². The third kappa shape index (κ3) is 2.98. The largest absolute Gasteiger partial charge is 0.487 e. The van der Waals surface area contributed by atoms with E-state index < -0.39 is 10.0 Å². The lowest BCUT2D eigenvalue weighted by Gasteiger charge is -2.37. The first kappa shape index (κ1) is 12.4. The van der Waals surface area contributed by atoms with Crippen LogP contribution >= 0.6 is 0 Å². The summed E-state index contributed by atoms with van der Waals surface area (Å²) >= 11 is 0. The molecular formula is C12H17NO3S. The average molecular weight is 255 g/mol. The maximum absolute atomic E-state index is 11.4. The minimum absolute atomic E-state index is 0.218. The molecule has 1 aromatic rings. The molecule has 1 aliphatic heterocycles. The van der Waals surface area contributed by atoms with E-state index >= 15 is 0 Å². The van der Waals surface area contributed by atoms with Gasteiger partial charge in [0, 0.05) is 12.0 Å². The second kappa shape index (κ2) is 3.99. The normalized spacial score (nSPS) is 22.6. The van der Waals surface area contributed by atoms with E-state index in [4.69, 9.17) is 4.74 Å². The smallest absolute Gasteiger partial charge is 0.209 e. The molecule has 1 unspecified atom stereocenters. The summed E-state index contributed by atoms with van der Waals surface area (Å²) in [6, 6.07) is 7.32. The standard InChI is InChI=1S/C12H17NO3S/c1-12(2)8-10(13-17(3,14)15)9-6-4-5-7-11(9)16-12/h4-7,10,13H,8H2,1-3H3. The Labute approximate surface area is 102 Å². The highest BCUT2D eigenvalue weighted by molar-refractivity contribution is 7.88. The zero-order chi connectivity index (χ0) is 12.7. The Kier molecular flexibility index (Phi) is 2.91. The molecule has 5 heteroatoms. The van der Waals surface area contributed by atoms with Crippen LogP contribution in [0.2, 0.25) is 0 Å². The highest BCUT2D eigenvalue weighted by Gasteiger charge is 2.34. The Hall–Kier alpha value is -1.07. The molecule has 1 aliphatic rings. The zero-order valence-electron chi connectivity index (χ0n) is 10.2. The minimum Gasteiger partial charge on any atom is -0.487 e. The molecule has 0 saturated carbocycles. The lowest BCUT2D eigenvalue weighted by atomic mass is 9.90. The number of benzene rings is 1. The van der Waals surface area contributed by atoms with E-state index in [1.54, 1.807) is 0 Å². The summed E-state index contributed by atoms with van der Waals surface area (Å²) in [6.45, 7) is 3.92. The number of hydrogen-bond acceptors (Lipinski definition) is 3. The van der Waals surface area contributed by atoms with Gasteiger partial charge in [0.05, 0.1) is 12.3 Å². The molecule has 1 aromatic carbocycles. The number of nitrogens with one attached hydrogen (secondary N) is 1. The van der Waals surface area contributed by atoms with Crippen LogP contribution in [0.25, 0.3) is 0 Å². The van der Waals surface area contributed by atoms with Gasteiger partial charge in [-0.3, -0.25) is 0 Å². The van der Waals surface area contributed by atoms with Crippen molar-refractivity contribution in [2.45, 2.75) is 31.9 Å². The van der Waals surface area contributed by atoms with Gasteiger partial charge >= 0.3 is 0 Å². The number of sulfonamides is 1. The number of rotatable bonds is 2. The Balaban J connectivity index is 2.40. The molecule has 0 saturated heterocycles. The molecule has 2 rings (SSSR count). The highest BCUT2D eigenvalue weighted by Crippen LogP contribution is 2.39. The van der Waals surface area contributed by atoms with Crippen LogP contribution in [0.5, 0.6) is 5.75 Å². The maximum atomic E-state index is 11.4. The summed E-state index contributed by atoms with van der Waals surface area (Å²) in [6.07, 6.45) is 1.80. The van der Waals surface area contributed by atoms with Gasteiger partial charge in [0.25, 0.3) is 0 Å². The molecule has 0 fully saturated rings. The zero-order valence-corrected chi connectivity index (χ0v) is 11.0. The van der Waals surface area contributed by atoms with Gasteiger partial charge in [-0.15, -0.1) is 0 Å². The molecule has 0 amide bonds. The SMILES string of the molecule is CC1(C)CC(NS(C)(=O)=O)c2ccccc2O1. The monoisotopic (exact) mass is 255 g/mol. The van der Waals surface area contributed by atoms with Crippen LogP contribution in [0.1, 0.15) is 31.9 Å². The Morgan fingerprint density at radius 3 is 2.65 bits per heavy atom. The van der Waals surface area contributed by atoms with E-state index in [2.05, 4.69) is 4.72 Å². The fraction of sp³-hybridized carbons (Fsp3) is 0.500. The summed E-state index contributed by atoms with van der Waals surface area (Å²) in [5.74, 6) is 0.755. The number of para-hydroxylation sites is 1. The molecule has 4 nitrogen and oxygen atoms in total. The molecule has 0 bridgehead atoms. The maximum Gasteiger partial charge on any atom is 0.209 e. The van der Waals surface area contributed by atoms with Gasteiger partial charge in [-0.05, 0) is 19.9 Å². The van der Waals surface area contributed by atoms with Gasteiger partial charge in [0.15, 0.2) is 0 Å². The van der Waals surface area contributed by atoms with Crippen molar-refractivity contribution in [1.29, 1.82) is 0 Å². The number of hydrogen-bond donors (Lipinski definition) is 1. The Bertz CT molecular complexity index is 522. The van der Waals surface area contributed by atoms with Crippen molar-refractivity contribution in [1.82, 2.24) is 4.72 Å². The molecule has 0 aromatic heterocycles. The van der Waals surface area contributed by atoms with Gasteiger partial charge in [-0.25, -0.2) is 13.1 Å². The van der Waals surface area contributed by atoms with E-state index in [9.17, 15) is 8.42 Å². The van der Waals surface area contributed by atoms with Gasteiger partial charge in [0.1, 0.15) is 11.4 Å². The van der Waals surface area contributed by atoms with Crippen molar-refractivity contribution >= 4 is 10.0 Å². The summed E-state index contributed by atoms with van der Waals surface area (Å²) in [7, 11) is -3.22. The predicted molar refractivity (Wildman–Crippen MR) is 66.5 cm³/mol. The van der Waals surface area contributed by atoms with Gasteiger partial charge in [-0.2, -0.15) is 0 Å². The number of fused-ring (bicyclic) bond motifs is 1. The van der Waals surface area contributed by atoms with Gasteiger partial charge < -0.3 is 4.74 Å². The summed E-state index contributed by atoms with van der Waals surface area (Å²) in [5, 5.41) is 0. The lowest BCUT2D eigenvalue weighted by molar-refractivity contribution is 0.0702. The Morgan fingerprint density at radius 2 is 2.00 bits per heavy atom. The highest BCUT2D eigenvalue weighted by atomic mass is 32.2. The van der Waals surface area contributed by atoms with E-state index in [-0.39, 0.29) is 11.6 Å². The summed E-state index contributed by atoms with van der Waals surface area (Å²) in [4.78, 5) is 0. The molecule has 1 heterocycles. The van der Waals surface area contributed by atoms with Crippen molar-refractivity contribution in [3.63, 3.8) is 0 Å². The Morgan fingerprint density at radius 1 is 1.35 bits per heavy atom. The molecule has 94 valence electrons. The van der Waals surface area contributed by atoms with Crippen molar-refractivity contribution in [3.05, 3.63) is 29.8 Å². The first-order chi connectivity index (χ1) is 7.77. The van der Waals surface area contributed by atoms with Crippen molar-refractivity contribution in [2.24, 2.45) is 0 Å².